The number of hydrogen-bond donors (Lipinski definition) is 1. The summed E-state index contributed by atoms with van der Waals surface area (Å²) in [6, 6.07) is 9.63. The molecule has 7 heteroatoms. The lowest BCUT2D eigenvalue weighted by Crippen LogP contribution is -2.48. The van der Waals surface area contributed by atoms with E-state index in [1.54, 1.807) is 17.2 Å². The molecule has 1 saturated heterocycles. The Labute approximate surface area is 146 Å². The predicted octanol–water partition coefficient (Wildman–Crippen LogP) is 1.39. The number of primary amides is 1. The second-order valence-electron chi connectivity index (χ2n) is 6.24. The fourth-order valence-corrected chi connectivity index (χ4v) is 2.94. The standard InChI is InChI=1S/C18H21N5O2/c1-13-7-8-14(18(19)25)12-22(13)17(24)10-9-15-11-20-23(21-15)16-5-3-2-4-6-16/h2-6,9-11,13-14H,7-8,12H2,1H3,(H2,19,25)/b10-9-/t13-,14-/m1/s1. The van der Waals surface area contributed by atoms with Gasteiger partial charge in [0.05, 0.1) is 17.8 Å². The number of piperidine rings is 1. The monoisotopic (exact) mass is 339 g/mol. The lowest BCUT2D eigenvalue weighted by Gasteiger charge is -2.36. The first-order valence-corrected chi connectivity index (χ1v) is 8.30. The van der Waals surface area contributed by atoms with Crippen LogP contribution in [-0.2, 0) is 9.59 Å². The molecule has 1 aliphatic heterocycles. The lowest BCUT2D eigenvalue weighted by atomic mass is 9.93. The summed E-state index contributed by atoms with van der Waals surface area (Å²) < 4.78 is 0. The third kappa shape index (κ3) is 3.93. The molecule has 130 valence electrons. The first kappa shape index (κ1) is 16.9. The number of likely N-dealkylation sites (tertiary alicyclic amines) is 1. The molecule has 2 heterocycles. The van der Waals surface area contributed by atoms with E-state index in [0.29, 0.717) is 12.2 Å². The van der Waals surface area contributed by atoms with Crippen LogP contribution in [0.25, 0.3) is 11.8 Å². The van der Waals surface area contributed by atoms with Crippen LogP contribution in [-0.4, -0.2) is 44.3 Å². The highest BCUT2D eigenvalue weighted by Gasteiger charge is 2.30. The molecule has 0 radical (unpaired) electrons. The molecule has 2 aromatic rings. The molecule has 0 unspecified atom stereocenters. The molecule has 0 spiro atoms. The number of aromatic nitrogens is 3. The summed E-state index contributed by atoms with van der Waals surface area (Å²) in [4.78, 5) is 27.1. The van der Waals surface area contributed by atoms with Gasteiger partial charge in [0.25, 0.3) is 0 Å². The second-order valence-corrected chi connectivity index (χ2v) is 6.24. The Hall–Kier alpha value is -2.96. The Morgan fingerprint density at radius 1 is 1.24 bits per heavy atom. The van der Waals surface area contributed by atoms with E-state index in [1.807, 2.05) is 37.3 Å². The van der Waals surface area contributed by atoms with Gasteiger partial charge in [0.15, 0.2) is 0 Å². The largest absolute Gasteiger partial charge is 0.369 e. The summed E-state index contributed by atoms with van der Waals surface area (Å²) in [5.74, 6) is -0.764. The van der Waals surface area contributed by atoms with Crippen molar-refractivity contribution in [3.63, 3.8) is 0 Å². The molecule has 2 N–H and O–H groups in total. The maximum absolute atomic E-state index is 12.5. The smallest absolute Gasteiger partial charge is 0.246 e. The number of amides is 2. The number of para-hydroxylation sites is 1. The van der Waals surface area contributed by atoms with Crippen molar-refractivity contribution in [3.8, 4) is 5.69 Å². The Morgan fingerprint density at radius 2 is 2.00 bits per heavy atom. The van der Waals surface area contributed by atoms with Gasteiger partial charge in [0, 0.05) is 18.7 Å². The third-order valence-electron chi connectivity index (χ3n) is 4.46. The lowest BCUT2D eigenvalue weighted by molar-refractivity contribution is -0.133. The average Bonchev–Trinajstić information content (AvgIpc) is 3.09. The molecular weight excluding hydrogens is 318 g/mol. The number of nitrogens with zero attached hydrogens (tertiary/aromatic N) is 4. The molecule has 0 bridgehead atoms. The fraction of sp³-hybridized carbons (Fsp3) is 0.333. The predicted molar refractivity (Wildman–Crippen MR) is 93.5 cm³/mol. The van der Waals surface area contributed by atoms with Gasteiger partial charge in [-0.05, 0) is 38.0 Å². The topological polar surface area (TPSA) is 94.1 Å². The molecule has 1 aromatic heterocycles. The Morgan fingerprint density at radius 3 is 2.72 bits per heavy atom. The van der Waals surface area contributed by atoms with Gasteiger partial charge < -0.3 is 10.6 Å². The molecule has 25 heavy (non-hydrogen) atoms. The second kappa shape index (κ2) is 7.29. The van der Waals surface area contributed by atoms with Crippen molar-refractivity contribution < 1.29 is 9.59 Å². The van der Waals surface area contributed by atoms with Crippen LogP contribution >= 0.6 is 0 Å². The number of hydrogen-bond acceptors (Lipinski definition) is 4. The van der Waals surface area contributed by atoms with E-state index in [9.17, 15) is 9.59 Å². The average molecular weight is 339 g/mol. The Bertz CT molecular complexity index is 784. The molecule has 1 aliphatic rings. The molecule has 0 saturated carbocycles. The van der Waals surface area contributed by atoms with E-state index in [0.717, 1.165) is 18.5 Å². The van der Waals surface area contributed by atoms with Crippen LogP contribution in [0.15, 0.2) is 42.6 Å². The molecular formula is C18H21N5O2. The van der Waals surface area contributed by atoms with E-state index in [2.05, 4.69) is 10.2 Å². The van der Waals surface area contributed by atoms with Gasteiger partial charge in [-0.25, -0.2) is 0 Å². The summed E-state index contributed by atoms with van der Waals surface area (Å²) >= 11 is 0. The summed E-state index contributed by atoms with van der Waals surface area (Å²) in [7, 11) is 0. The number of rotatable bonds is 4. The molecule has 7 nitrogen and oxygen atoms in total. The van der Waals surface area contributed by atoms with Gasteiger partial charge in [-0.3, -0.25) is 9.59 Å². The molecule has 3 rings (SSSR count). The van der Waals surface area contributed by atoms with Gasteiger partial charge in [-0.15, -0.1) is 5.10 Å². The van der Waals surface area contributed by atoms with Crippen molar-refractivity contribution in [2.75, 3.05) is 6.54 Å². The SMILES string of the molecule is C[C@@H]1CC[C@@H](C(N)=O)CN1C(=O)/C=C\c1cnn(-c2ccccc2)n1. The molecule has 1 fully saturated rings. The van der Waals surface area contributed by atoms with Crippen molar-refractivity contribution in [2.24, 2.45) is 11.7 Å². The minimum absolute atomic E-state index is 0.0905. The Balaban J connectivity index is 1.68. The van der Waals surface area contributed by atoms with Crippen LogP contribution in [0.5, 0.6) is 0 Å². The summed E-state index contributed by atoms with van der Waals surface area (Å²) in [5.41, 5.74) is 6.82. The van der Waals surface area contributed by atoms with E-state index in [-0.39, 0.29) is 23.8 Å². The summed E-state index contributed by atoms with van der Waals surface area (Å²) in [6.07, 6.45) is 6.21. The van der Waals surface area contributed by atoms with E-state index >= 15 is 0 Å². The number of nitrogens with two attached hydrogens (primary N) is 1. The molecule has 2 amide bonds. The highest BCUT2D eigenvalue weighted by molar-refractivity contribution is 5.92. The molecule has 2 atom stereocenters. The van der Waals surface area contributed by atoms with E-state index in [4.69, 9.17) is 5.73 Å². The zero-order valence-corrected chi connectivity index (χ0v) is 14.1. The van der Waals surface area contributed by atoms with Crippen LogP contribution in [0.1, 0.15) is 25.5 Å². The van der Waals surface area contributed by atoms with Crippen molar-refractivity contribution in [1.82, 2.24) is 19.9 Å². The van der Waals surface area contributed by atoms with Gasteiger partial charge in [0.1, 0.15) is 5.69 Å². The highest BCUT2D eigenvalue weighted by Crippen LogP contribution is 2.22. The highest BCUT2D eigenvalue weighted by atomic mass is 16.2. The maximum Gasteiger partial charge on any atom is 0.246 e. The van der Waals surface area contributed by atoms with Crippen molar-refractivity contribution in [2.45, 2.75) is 25.8 Å². The van der Waals surface area contributed by atoms with Crippen molar-refractivity contribution >= 4 is 17.9 Å². The van der Waals surface area contributed by atoms with Crippen molar-refractivity contribution in [1.29, 1.82) is 0 Å². The Kier molecular flexibility index (Phi) is 4.92. The van der Waals surface area contributed by atoms with Gasteiger partial charge >= 0.3 is 0 Å². The number of carbonyl (C=O) groups excluding carboxylic acids is 2. The van der Waals surface area contributed by atoms with Crippen LogP contribution < -0.4 is 5.73 Å². The zero-order chi connectivity index (χ0) is 17.8. The summed E-state index contributed by atoms with van der Waals surface area (Å²) in [6.45, 7) is 2.35. The van der Waals surface area contributed by atoms with Gasteiger partial charge in [0.2, 0.25) is 11.8 Å². The van der Waals surface area contributed by atoms with Crippen LogP contribution in [0.3, 0.4) is 0 Å². The van der Waals surface area contributed by atoms with Crippen LogP contribution in [0, 0.1) is 5.92 Å². The molecule has 0 aliphatic carbocycles. The first-order chi connectivity index (χ1) is 12.0. The third-order valence-corrected chi connectivity index (χ3v) is 4.46. The minimum atomic E-state index is -0.348. The van der Waals surface area contributed by atoms with Crippen molar-refractivity contribution in [3.05, 3.63) is 48.3 Å². The molecule has 1 aromatic carbocycles. The summed E-state index contributed by atoms with van der Waals surface area (Å²) in [5, 5.41) is 8.53. The van der Waals surface area contributed by atoms with Gasteiger partial charge in [-0.1, -0.05) is 18.2 Å². The number of benzene rings is 1. The van der Waals surface area contributed by atoms with Gasteiger partial charge in [-0.2, -0.15) is 9.90 Å². The maximum atomic E-state index is 12.5. The fourth-order valence-electron chi connectivity index (χ4n) is 2.94. The normalized spacial score (nSPS) is 20.8. The zero-order valence-electron chi connectivity index (χ0n) is 14.1. The van der Waals surface area contributed by atoms with E-state index in [1.165, 1.54) is 10.9 Å². The first-order valence-electron chi connectivity index (χ1n) is 8.30. The van der Waals surface area contributed by atoms with Crippen LogP contribution in [0.2, 0.25) is 0 Å². The number of carbonyl (C=O) groups is 2. The quantitative estimate of drug-likeness (QED) is 0.852. The minimum Gasteiger partial charge on any atom is -0.369 e. The van der Waals surface area contributed by atoms with Crippen LogP contribution in [0.4, 0.5) is 0 Å². The van der Waals surface area contributed by atoms with E-state index < -0.39 is 0 Å².